The lowest BCUT2D eigenvalue weighted by molar-refractivity contribution is 0.209. The smallest absolute Gasteiger partial charge is 0.193 e. The number of piperazine rings is 1. The fourth-order valence-electron chi connectivity index (χ4n) is 3.88. The van der Waals surface area contributed by atoms with Crippen LogP contribution in [-0.2, 0) is 0 Å². The molecule has 1 unspecified atom stereocenters. The number of rotatable bonds is 3. The van der Waals surface area contributed by atoms with Crippen LogP contribution in [-0.4, -0.2) is 75.7 Å². The highest BCUT2D eigenvalue weighted by atomic mass is 19.1. The van der Waals surface area contributed by atoms with E-state index in [0.29, 0.717) is 11.6 Å². The van der Waals surface area contributed by atoms with Crippen molar-refractivity contribution in [2.24, 2.45) is 10.9 Å². The Morgan fingerprint density at radius 1 is 1.20 bits per heavy atom. The minimum atomic E-state index is -0.139. The number of halogens is 1. The lowest BCUT2D eigenvalue weighted by Crippen LogP contribution is -2.53. The van der Waals surface area contributed by atoms with Gasteiger partial charge in [0, 0.05) is 46.3 Å². The summed E-state index contributed by atoms with van der Waals surface area (Å²) in [5.74, 6) is 1.52. The number of hydrogen-bond acceptors (Lipinski definition) is 3. The van der Waals surface area contributed by atoms with E-state index in [0.717, 1.165) is 45.2 Å². The molecule has 0 bridgehead atoms. The summed E-state index contributed by atoms with van der Waals surface area (Å²) < 4.78 is 14.0. The molecule has 0 aliphatic carbocycles. The van der Waals surface area contributed by atoms with Gasteiger partial charge in [-0.25, -0.2) is 4.39 Å². The Balaban J connectivity index is 1.50. The van der Waals surface area contributed by atoms with Gasteiger partial charge in [-0.05, 0) is 44.5 Å². The van der Waals surface area contributed by atoms with Gasteiger partial charge in [-0.1, -0.05) is 12.1 Å². The molecule has 2 saturated heterocycles. The number of benzene rings is 1. The van der Waals surface area contributed by atoms with Crippen molar-refractivity contribution < 1.29 is 4.39 Å². The van der Waals surface area contributed by atoms with Crippen molar-refractivity contribution in [3.05, 3.63) is 30.1 Å². The highest BCUT2D eigenvalue weighted by Gasteiger charge is 2.23. The van der Waals surface area contributed by atoms with Crippen molar-refractivity contribution in [2.45, 2.75) is 12.8 Å². The molecule has 1 aromatic rings. The van der Waals surface area contributed by atoms with E-state index in [4.69, 9.17) is 0 Å². The van der Waals surface area contributed by atoms with Gasteiger partial charge in [0.15, 0.2) is 5.96 Å². The molecule has 2 aliphatic rings. The van der Waals surface area contributed by atoms with E-state index < -0.39 is 0 Å². The van der Waals surface area contributed by atoms with E-state index >= 15 is 0 Å². The number of likely N-dealkylation sites (tertiary alicyclic amines) is 1. The van der Waals surface area contributed by atoms with Crippen LogP contribution in [0.3, 0.4) is 0 Å². The van der Waals surface area contributed by atoms with Gasteiger partial charge in [-0.2, -0.15) is 0 Å². The molecule has 0 aromatic heterocycles. The van der Waals surface area contributed by atoms with Crippen molar-refractivity contribution in [1.82, 2.24) is 15.1 Å². The van der Waals surface area contributed by atoms with Crippen LogP contribution in [0.5, 0.6) is 0 Å². The second-order valence-electron chi connectivity index (χ2n) is 7.12. The Kier molecular flexibility index (Phi) is 6.13. The first-order chi connectivity index (χ1) is 12.2. The van der Waals surface area contributed by atoms with E-state index in [-0.39, 0.29) is 5.82 Å². The Morgan fingerprint density at radius 2 is 1.96 bits per heavy atom. The van der Waals surface area contributed by atoms with Gasteiger partial charge in [0.25, 0.3) is 0 Å². The summed E-state index contributed by atoms with van der Waals surface area (Å²) in [6.07, 6.45) is 2.57. The molecule has 3 rings (SSSR count). The van der Waals surface area contributed by atoms with Crippen molar-refractivity contribution in [1.29, 1.82) is 0 Å². The monoisotopic (exact) mass is 347 g/mol. The van der Waals surface area contributed by atoms with E-state index in [9.17, 15) is 4.39 Å². The van der Waals surface area contributed by atoms with Gasteiger partial charge >= 0.3 is 0 Å². The number of para-hydroxylation sites is 1. The van der Waals surface area contributed by atoms with E-state index in [2.05, 4.69) is 32.1 Å². The molecule has 0 radical (unpaired) electrons. The molecule has 0 saturated carbocycles. The maximum absolute atomic E-state index is 14.0. The topological polar surface area (TPSA) is 34.1 Å². The molecule has 2 fully saturated rings. The molecule has 2 aliphatic heterocycles. The molecule has 1 aromatic carbocycles. The molecule has 0 amide bonds. The summed E-state index contributed by atoms with van der Waals surface area (Å²) in [5.41, 5.74) is 0.704. The van der Waals surface area contributed by atoms with Crippen molar-refractivity contribution >= 4 is 11.6 Å². The van der Waals surface area contributed by atoms with Crippen LogP contribution in [0.2, 0.25) is 0 Å². The van der Waals surface area contributed by atoms with Crippen LogP contribution in [0, 0.1) is 11.7 Å². The number of hydrogen-bond donors (Lipinski definition) is 1. The summed E-state index contributed by atoms with van der Waals surface area (Å²) in [6.45, 7) is 6.69. The predicted molar refractivity (Wildman–Crippen MR) is 102 cm³/mol. The van der Waals surface area contributed by atoms with E-state index in [1.807, 2.05) is 19.2 Å². The zero-order valence-electron chi connectivity index (χ0n) is 15.4. The molecule has 0 spiro atoms. The minimum absolute atomic E-state index is 0.139. The van der Waals surface area contributed by atoms with Crippen LogP contribution in [0.25, 0.3) is 0 Å². The summed E-state index contributed by atoms with van der Waals surface area (Å²) in [5, 5.41) is 3.55. The second kappa shape index (κ2) is 8.52. The molecule has 2 heterocycles. The van der Waals surface area contributed by atoms with Gasteiger partial charge in [-0.15, -0.1) is 0 Å². The molecular weight excluding hydrogens is 317 g/mol. The highest BCUT2D eigenvalue weighted by molar-refractivity contribution is 5.80. The Labute approximate surface area is 150 Å². The highest BCUT2D eigenvalue weighted by Crippen LogP contribution is 2.20. The Morgan fingerprint density at radius 3 is 2.64 bits per heavy atom. The summed E-state index contributed by atoms with van der Waals surface area (Å²) in [6, 6.07) is 7.02. The second-order valence-corrected chi connectivity index (χ2v) is 7.12. The van der Waals surface area contributed by atoms with E-state index in [1.54, 1.807) is 6.07 Å². The molecule has 25 heavy (non-hydrogen) atoms. The maximum Gasteiger partial charge on any atom is 0.193 e. The maximum atomic E-state index is 14.0. The quantitative estimate of drug-likeness (QED) is 0.669. The lowest BCUT2D eigenvalue weighted by atomic mass is 9.98. The number of guanidine groups is 1. The van der Waals surface area contributed by atoms with Crippen molar-refractivity contribution in [3.63, 3.8) is 0 Å². The normalized spacial score (nSPS) is 23.0. The standard InChI is InChI=1S/C19H30FN5/c1-21-19(22-14-16-6-5-9-23(2)15-16)25-12-10-24(11-13-25)18-8-4-3-7-17(18)20/h3-4,7-8,16H,5-6,9-15H2,1-2H3,(H,21,22). The van der Waals surface area contributed by atoms with Gasteiger partial charge < -0.3 is 20.0 Å². The molecule has 1 atom stereocenters. The zero-order valence-corrected chi connectivity index (χ0v) is 15.4. The molecule has 5 nitrogen and oxygen atoms in total. The average molecular weight is 347 g/mol. The van der Waals surface area contributed by atoms with Crippen LogP contribution >= 0.6 is 0 Å². The Hall–Kier alpha value is -1.82. The molecule has 1 N–H and O–H groups in total. The van der Waals surface area contributed by atoms with Gasteiger partial charge in [0.1, 0.15) is 5.82 Å². The largest absolute Gasteiger partial charge is 0.366 e. The fraction of sp³-hybridized carbons (Fsp3) is 0.632. The summed E-state index contributed by atoms with van der Waals surface area (Å²) in [4.78, 5) is 11.3. The van der Waals surface area contributed by atoms with Crippen molar-refractivity contribution in [3.8, 4) is 0 Å². The van der Waals surface area contributed by atoms with Crippen LogP contribution < -0.4 is 10.2 Å². The third-order valence-electron chi connectivity index (χ3n) is 5.26. The van der Waals surface area contributed by atoms with Crippen molar-refractivity contribution in [2.75, 3.05) is 64.8 Å². The SMILES string of the molecule is CN=C(NCC1CCCN(C)C1)N1CCN(c2ccccc2F)CC1. The van der Waals surface area contributed by atoms with Gasteiger partial charge in [0.05, 0.1) is 5.69 Å². The first-order valence-electron chi connectivity index (χ1n) is 9.31. The summed E-state index contributed by atoms with van der Waals surface area (Å²) >= 11 is 0. The van der Waals surface area contributed by atoms with E-state index in [1.165, 1.54) is 25.5 Å². The molecule has 138 valence electrons. The number of piperidine rings is 1. The number of aliphatic imine (C=N–C) groups is 1. The third-order valence-corrected chi connectivity index (χ3v) is 5.26. The number of nitrogens with zero attached hydrogens (tertiary/aromatic N) is 4. The van der Waals surface area contributed by atoms with Gasteiger partial charge in [0.2, 0.25) is 0 Å². The number of anilines is 1. The van der Waals surface area contributed by atoms with Crippen LogP contribution in [0.4, 0.5) is 10.1 Å². The summed E-state index contributed by atoms with van der Waals surface area (Å²) in [7, 11) is 4.04. The molecule has 6 heteroatoms. The fourth-order valence-corrected chi connectivity index (χ4v) is 3.88. The van der Waals surface area contributed by atoms with Gasteiger partial charge in [-0.3, -0.25) is 4.99 Å². The predicted octanol–water partition coefficient (Wildman–Crippen LogP) is 1.86. The number of nitrogens with one attached hydrogen (secondary N) is 1. The minimum Gasteiger partial charge on any atom is -0.366 e. The zero-order chi connectivity index (χ0) is 17.6. The average Bonchev–Trinajstić information content (AvgIpc) is 2.63. The lowest BCUT2D eigenvalue weighted by Gasteiger charge is -2.38. The first-order valence-corrected chi connectivity index (χ1v) is 9.31. The third kappa shape index (κ3) is 4.63. The Bertz CT molecular complexity index is 583. The first kappa shape index (κ1) is 18.0. The molecular formula is C19H30FN5. The van der Waals surface area contributed by atoms with Crippen LogP contribution in [0.15, 0.2) is 29.3 Å². The van der Waals surface area contributed by atoms with Crippen LogP contribution in [0.1, 0.15) is 12.8 Å².